The molecule has 0 radical (unpaired) electrons. The van der Waals surface area contributed by atoms with Crippen LogP contribution < -0.4 is 4.74 Å². The van der Waals surface area contributed by atoms with Crippen molar-refractivity contribution in [3.8, 4) is 5.75 Å². The Hall–Kier alpha value is -1.07. The summed E-state index contributed by atoms with van der Waals surface area (Å²) in [5.41, 5.74) is 1.11. The summed E-state index contributed by atoms with van der Waals surface area (Å²) in [5, 5.41) is 0. The Morgan fingerprint density at radius 1 is 1.22 bits per heavy atom. The predicted molar refractivity (Wildman–Crippen MR) is 73.4 cm³/mol. The van der Waals surface area contributed by atoms with Gasteiger partial charge in [0.1, 0.15) is 5.75 Å². The standard InChI is InChI=1S/C13H21NO3S/c1-4-11-18(15,16)14(2)10-9-12-5-7-13(17-3)8-6-12/h5-8H,4,9-11H2,1-3H3. The van der Waals surface area contributed by atoms with Crippen LogP contribution in [0.2, 0.25) is 0 Å². The topological polar surface area (TPSA) is 46.6 Å². The van der Waals surface area contributed by atoms with Crippen molar-refractivity contribution in [2.45, 2.75) is 19.8 Å². The maximum Gasteiger partial charge on any atom is 0.213 e. The van der Waals surface area contributed by atoms with Crippen LogP contribution in [0.1, 0.15) is 18.9 Å². The Labute approximate surface area is 110 Å². The molecule has 1 rings (SSSR count). The first-order valence-corrected chi connectivity index (χ1v) is 7.67. The predicted octanol–water partition coefficient (Wildman–Crippen LogP) is 1.91. The molecule has 0 heterocycles. The number of rotatable bonds is 7. The molecule has 0 aromatic heterocycles. The van der Waals surface area contributed by atoms with Gasteiger partial charge >= 0.3 is 0 Å². The van der Waals surface area contributed by atoms with Gasteiger partial charge in [-0.15, -0.1) is 0 Å². The second-order valence-electron chi connectivity index (χ2n) is 4.24. The summed E-state index contributed by atoms with van der Waals surface area (Å²) in [7, 11) is 0.174. The van der Waals surface area contributed by atoms with Crippen molar-refractivity contribution in [3.05, 3.63) is 29.8 Å². The molecule has 0 spiro atoms. The molecule has 0 fully saturated rings. The summed E-state index contributed by atoms with van der Waals surface area (Å²) in [6.45, 7) is 2.38. The molecular formula is C13H21NO3S. The SMILES string of the molecule is CCCS(=O)(=O)N(C)CCc1ccc(OC)cc1. The molecule has 0 bridgehead atoms. The second kappa shape index (κ2) is 6.75. The Kier molecular flexibility index (Phi) is 5.62. The minimum Gasteiger partial charge on any atom is -0.497 e. The summed E-state index contributed by atoms with van der Waals surface area (Å²) < 4.78 is 30.0. The monoisotopic (exact) mass is 271 g/mol. The van der Waals surface area contributed by atoms with E-state index in [4.69, 9.17) is 4.74 Å². The van der Waals surface area contributed by atoms with Gasteiger partial charge in [0.25, 0.3) is 0 Å². The van der Waals surface area contributed by atoms with E-state index in [1.165, 1.54) is 4.31 Å². The Balaban J connectivity index is 2.54. The quantitative estimate of drug-likeness (QED) is 0.761. The van der Waals surface area contributed by atoms with Gasteiger partial charge in [0, 0.05) is 13.6 Å². The third-order valence-electron chi connectivity index (χ3n) is 2.81. The summed E-state index contributed by atoms with van der Waals surface area (Å²) in [4.78, 5) is 0. The van der Waals surface area contributed by atoms with E-state index < -0.39 is 10.0 Å². The average molecular weight is 271 g/mol. The lowest BCUT2D eigenvalue weighted by Crippen LogP contribution is -2.30. The van der Waals surface area contributed by atoms with Crippen molar-refractivity contribution in [2.24, 2.45) is 0 Å². The first kappa shape index (κ1) is 15.0. The summed E-state index contributed by atoms with van der Waals surface area (Å²) in [6, 6.07) is 7.68. The van der Waals surface area contributed by atoms with Crippen molar-refractivity contribution >= 4 is 10.0 Å². The first-order chi connectivity index (χ1) is 8.49. The molecule has 0 N–H and O–H groups in total. The van der Waals surface area contributed by atoms with Crippen molar-refractivity contribution in [1.29, 1.82) is 0 Å². The summed E-state index contributed by atoms with van der Waals surface area (Å²) in [6.07, 6.45) is 1.36. The third-order valence-corrected chi connectivity index (χ3v) is 4.87. The lowest BCUT2D eigenvalue weighted by molar-refractivity contribution is 0.414. The minimum absolute atomic E-state index is 0.214. The van der Waals surface area contributed by atoms with Crippen LogP contribution in [-0.2, 0) is 16.4 Å². The van der Waals surface area contributed by atoms with Crippen LogP contribution >= 0.6 is 0 Å². The molecule has 0 aliphatic carbocycles. The molecule has 1 aromatic carbocycles. The Bertz CT molecular complexity index is 454. The van der Waals surface area contributed by atoms with E-state index in [1.54, 1.807) is 14.2 Å². The lowest BCUT2D eigenvalue weighted by atomic mass is 10.1. The molecule has 0 atom stereocenters. The fourth-order valence-electron chi connectivity index (χ4n) is 1.63. The van der Waals surface area contributed by atoms with E-state index in [1.807, 2.05) is 31.2 Å². The number of methoxy groups -OCH3 is 1. The van der Waals surface area contributed by atoms with Gasteiger partial charge in [0.2, 0.25) is 10.0 Å². The molecule has 0 unspecified atom stereocenters. The minimum atomic E-state index is -3.08. The molecule has 0 saturated heterocycles. The first-order valence-electron chi connectivity index (χ1n) is 6.06. The summed E-state index contributed by atoms with van der Waals surface area (Å²) >= 11 is 0. The highest BCUT2D eigenvalue weighted by Gasteiger charge is 2.15. The van der Waals surface area contributed by atoms with E-state index in [9.17, 15) is 8.42 Å². The van der Waals surface area contributed by atoms with Crippen molar-refractivity contribution in [1.82, 2.24) is 4.31 Å². The summed E-state index contributed by atoms with van der Waals surface area (Å²) in [5.74, 6) is 1.03. The van der Waals surface area contributed by atoms with Crippen molar-refractivity contribution in [2.75, 3.05) is 26.5 Å². The zero-order valence-corrected chi connectivity index (χ0v) is 12.0. The zero-order chi connectivity index (χ0) is 13.6. The zero-order valence-electron chi connectivity index (χ0n) is 11.2. The Morgan fingerprint density at radius 2 is 1.83 bits per heavy atom. The average Bonchev–Trinajstić information content (AvgIpc) is 2.36. The molecule has 102 valence electrons. The maximum atomic E-state index is 11.8. The molecule has 0 saturated carbocycles. The van der Waals surface area contributed by atoms with E-state index in [-0.39, 0.29) is 5.75 Å². The van der Waals surface area contributed by atoms with Gasteiger partial charge in [0.05, 0.1) is 12.9 Å². The van der Waals surface area contributed by atoms with Crippen molar-refractivity contribution in [3.63, 3.8) is 0 Å². The second-order valence-corrected chi connectivity index (χ2v) is 6.43. The molecule has 0 aliphatic heterocycles. The van der Waals surface area contributed by atoms with Crippen LogP contribution in [-0.4, -0.2) is 39.2 Å². The molecule has 0 amide bonds. The molecule has 1 aromatic rings. The smallest absolute Gasteiger partial charge is 0.213 e. The fourth-order valence-corrected chi connectivity index (χ4v) is 2.83. The number of nitrogens with zero attached hydrogens (tertiary/aromatic N) is 1. The highest BCUT2D eigenvalue weighted by atomic mass is 32.2. The molecule has 18 heavy (non-hydrogen) atoms. The highest BCUT2D eigenvalue weighted by Crippen LogP contribution is 2.12. The van der Waals surface area contributed by atoms with E-state index in [2.05, 4.69) is 0 Å². The fraction of sp³-hybridized carbons (Fsp3) is 0.538. The molecule has 5 heteroatoms. The maximum absolute atomic E-state index is 11.8. The van der Waals surface area contributed by atoms with Crippen LogP contribution in [0.5, 0.6) is 5.75 Å². The number of hydrogen-bond acceptors (Lipinski definition) is 3. The largest absolute Gasteiger partial charge is 0.497 e. The van der Waals surface area contributed by atoms with Crippen LogP contribution in [0.15, 0.2) is 24.3 Å². The van der Waals surface area contributed by atoms with Gasteiger partial charge in [-0.2, -0.15) is 0 Å². The van der Waals surface area contributed by atoms with E-state index in [0.29, 0.717) is 19.4 Å². The van der Waals surface area contributed by atoms with Gasteiger partial charge in [0.15, 0.2) is 0 Å². The number of sulfonamides is 1. The van der Waals surface area contributed by atoms with Gasteiger partial charge in [-0.05, 0) is 30.5 Å². The van der Waals surface area contributed by atoms with Crippen LogP contribution in [0.4, 0.5) is 0 Å². The van der Waals surface area contributed by atoms with Crippen LogP contribution in [0.25, 0.3) is 0 Å². The molecule has 4 nitrogen and oxygen atoms in total. The van der Waals surface area contributed by atoms with Crippen LogP contribution in [0, 0.1) is 0 Å². The highest BCUT2D eigenvalue weighted by molar-refractivity contribution is 7.89. The van der Waals surface area contributed by atoms with Gasteiger partial charge in [-0.3, -0.25) is 0 Å². The molecular weight excluding hydrogens is 250 g/mol. The van der Waals surface area contributed by atoms with Gasteiger partial charge in [-0.1, -0.05) is 19.1 Å². The number of benzene rings is 1. The van der Waals surface area contributed by atoms with Gasteiger partial charge < -0.3 is 4.74 Å². The number of likely N-dealkylation sites (N-methyl/N-ethyl adjacent to an activating group) is 1. The lowest BCUT2D eigenvalue weighted by Gasteiger charge is -2.16. The number of hydrogen-bond donors (Lipinski definition) is 0. The van der Waals surface area contributed by atoms with E-state index in [0.717, 1.165) is 11.3 Å². The number of ether oxygens (including phenoxy) is 1. The molecule has 0 aliphatic rings. The third kappa shape index (κ3) is 4.31. The van der Waals surface area contributed by atoms with Crippen molar-refractivity contribution < 1.29 is 13.2 Å². The van der Waals surface area contributed by atoms with E-state index >= 15 is 0 Å². The van der Waals surface area contributed by atoms with Crippen LogP contribution in [0.3, 0.4) is 0 Å². The normalized spacial score (nSPS) is 11.8. The van der Waals surface area contributed by atoms with Gasteiger partial charge in [-0.25, -0.2) is 12.7 Å². The Morgan fingerprint density at radius 3 is 2.33 bits per heavy atom.